The molecule has 0 atom stereocenters. The summed E-state index contributed by atoms with van der Waals surface area (Å²) in [7, 11) is 0. The lowest BCUT2D eigenvalue weighted by molar-refractivity contribution is 0.373. The quantitative estimate of drug-likeness (QED) is 0.835. The van der Waals surface area contributed by atoms with Gasteiger partial charge in [0.15, 0.2) is 0 Å². The van der Waals surface area contributed by atoms with Crippen molar-refractivity contribution in [2.45, 2.75) is 46.0 Å². The molecule has 0 amide bonds. The van der Waals surface area contributed by atoms with Crippen molar-refractivity contribution in [3.05, 3.63) is 5.82 Å². The van der Waals surface area contributed by atoms with Crippen LogP contribution in [0.25, 0.3) is 0 Å². The summed E-state index contributed by atoms with van der Waals surface area (Å²) in [5.74, 6) is 1.83. The normalized spacial score (nSPS) is 16.7. The zero-order chi connectivity index (χ0) is 13.5. The van der Waals surface area contributed by atoms with Gasteiger partial charge in [-0.15, -0.1) is 0 Å². The van der Waals surface area contributed by atoms with Gasteiger partial charge in [0.1, 0.15) is 5.82 Å². The second-order valence-electron chi connectivity index (χ2n) is 5.38. The van der Waals surface area contributed by atoms with E-state index in [0.29, 0.717) is 0 Å². The lowest BCUT2D eigenvalue weighted by Gasteiger charge is -2.29. The average Bonchev–Trinajstić information content (AvgIpc) is 2.88. The van der Waals surface area contributed by atoms with Crippen molar-refractivity contribution in [3.8, 4) is 0 Å². The minimum Gasteiger partial charge on any atom is -0.347 e. The fraction of sp³-hybridized carbons (Fsp3) is 0.857. The summed E-state index contributed by atoms with van der Waals surface area (Å²) in [6.07, 6.45) is 5.89. The summed E-state index contributed by atoms with van der Waals surface area (Å²) in [6, 6.07) is 0. The van der Waals surface area contributed by atoms with Gasteiger partial charge in [0.2, 0.25) is 5.13 Å². The van der Waals surface area contributed by atoms with Crippen molar-refractivity contribution in [1.29, 1.82) is 0 Å². The molecule has 0 aromatic carbocycles. The molecule has 0 bridgehead atoms. The molecular weight excluding hydrogens is 256 g/mol. The van der Waals surface area contributed by atoms with Crippen LogP contribution in [0.3, 0.4) is 0 Å². The standard InChI is InChI=1S/C14H26N4S/c1-3-5-13-16-14(19-17-13)18(10-4-2)11-12-6-8-15-9-7-12/h12,15H,3-11H2,1-2H3. The lowest BCUT2D eigenvalue weighted by Crippen LogP contribution is -2.36. The first-order chi connectivity index (χ1) is 9.33. The van der Waals surface area contributed by atoms with Crippen molar-refractivity contribution >= 4 is 16.7 Å². The van der Waals surface area contributed by atoms with E-state index < -0.39 is 0 Å². The van der Waals surface area contributed by atoms with Crippen molar-refractivity contribution in [3.63, 3.8) is 0 Å². The Kier molecular flexibility index (Phi) is 6.04. The van der Waals surface area contributed by atoms with Crippen LogP contribution in [0.1, 0.15) is 45.4 Å². The molecule has 0 spiro atoms. The third kappa shape index (κ3) is 4.42. The molecule has 0 aliphatic carbocycles. The molecule has 1 aliphatic rings. The van der Waals surface area contributed by atoms with Gasteiger partial charge in [-0.3, -0.25) is 0 Å². The predicted molar refractivity (Wildman–Crippen MR) is 82.0 cm³/mol. The molecule has 1 aromatic rings. The second kappa shape index (κ2) is 7.80. The molecule has 1 aromatic heterocycles. The molecule has 0 saturated carbocycles. The Morgan fingerprint density at radius 1 is 1.26 bits per heavy atom. The first-order valence-electron chi connectivity index (χ1n) is 7.61. The highest BCUT2D eigenvalue weighted by atomic mass is 32.1. The van der Waals surface area contributed by atoms with Crippen molar-refractivity contribution in [2.24, 2.45) is 5.92 Å². The summed E-state index contributed by atoms with van der Waals surface area (Å²) in [6.45, 7) is 9.01. The van der Waals surface area contributed by atoms with Gasteiger partial charge in [-0.25, -0.2) is 4.98 Å². The Balaban J connectivity index is 1.96. The van der Waals surface area contributed by atoms with E-state index in [-0.39, 0.29) is 0 Å². The number of hydrogen-bond acceptors (Lipinski definition) is 5. The SMILES string of the molecule is CCCc1nsc(N(CCC)CC2CCNCC2)n1. The number of hydrogen-bond donors (Lipinski definition) is 1. The smallest absolute Gasteiger partial charge is 0.205 e. The van der Waals surface area contributed by atoms with Crippen LogP contribution in [0.2, 0.25) is 0 Å². The number of piperidine rings is 1. The number of anilines is 1. The van der Waals surface area contributed by atoms with Crippen LogP contribution in [0.5, 0.6) is 0 Å². The molecule has 1 fully saturated rings. The zero-order valence-corrected chi connectivity index (χ0v) is 13.0. The van der Waals surface area contributed by atoms with E-state index in [1.54, 1.807) is 11.5 Å². The van der Waals surface area contributed by atoms with E-state index in [1.807, 2.05) is 0 Å². The minimum atomic E-state index is 0.811. The number of nitrogens with one attached hydrogen (secondary N) is 1. The van der Waals surface area contributed by atoms with Gasteiger partial charge in [0, 0.05) is 31.0 Å². The van der Waals surface area contributed by atoms with Gasteiger partial charge in [0.25, 0.3) is 0 Å². The van der Waals surface area contributed by atoms with Crippen LogP contribution in [0.15, 0.2) is 0 Å². The highest BCUT2D eigenvalue weighted by molar-refractivity contribution is 7.09. The van der Waals surface area contributed by atoms with Crippen LogP contribution in [-0.2, 0) is 6.42 Å². The molecule has 4 nitrogen and oxygen atoms in total. The fourth-order valence-corrected chi connectivity index (χ4v) is 3.36. The lowest BCUT2D eigenvalue weighted by atomic mass is 9.97. The first-order valence-corrected chi connectivity index (χ1v) is 8.39. The average molecular weight is 282 g/mol. The van der Waals surface area contributed by atoms with E-state index in [1.165, 1.54) is 32.4 Å². The van der Waals surface area contributed by atoms with Crippen LogP contribution < -0.4 is 10.2 Å². The van der Waals surface area contributed by atoms with Crippen LogP contribution in [0, 0.1) is 5.92 Å². The van der Waals surface area contributed by atoms with E-state index >= 15 is 0 Å². The maximum absolute atomic E-state index is 4.70. The number of rotatable bonds is 7. The molecule has 0 unspecified atom stereocenters. The molecule has 19 heavy (non-hydrogen) atoms. The molecule has 1 N–H and O–H groups in total. The van der Waals surface area contributed by atoms with E-state index in [4.69, 9.17) is 4.98 Å². The largest absolute Gasteiger partial charge is 0.347 e. The maximum Gasteiger partial charge on any atom is 0.205 e. The Labute approximate surface area is 120 Å². The zero-order valence-electron chi connectivity index (χ0n) is 12.2. The van der Waals surface area contributed by atoms with Gasteiger partial charge in [0.05, 0.1) is 0 Å². The van der Waals surface area contributed by atoms with Gasteiger partial charge >= 0.3 is 0 Å². The Morgan fingerprint density at radius 3 is 2.74 bits per heavy atom. The molecule has 5 heteroatoms. The van der Waals surface area contributed by atoms with Gasteiger partial charge in [-0.05, 0) is 44.7 Å². The van der Waals surface area contributed by atoms with Crippen molar-refractivity contribution in [2.75, 3.05) is 31.1 Å². The Bertz CT molecular complexity index is 360. The highest BCUT2D eigenvalue weighted by Crippen LogP contribution is 2.22. The van der Waals surface area contributed by atoms with Gasteiger partial charge in [-0.1, -0.05) is 13.8 Å². The monoisotopic (exact) mass is 282 g/mol. The van der Waals surface area contributed by atoms with Crippen LogP contribution in [-0.4, -0.2) is 35.5 Å². The summed E-state index contributed by atoms with van der Waals surface area (Å²) >= 11 is 1.58. The molecule has 0 radical (unpaired) electrons. The predicted octanol–water partition coefficient (Wildman–Crippen LogP) is 2.71. The summed E-state index contributed by atoms with van der Waals surface area (Å²) < 4.78 is 4.48. The summed E-state index contributed by atoms with van der Waals surface area (Å²) in [4.78, 5) is 7.15. The third-order valence-corrected chi connectivity index (χ3v) is 4.45. The highest BCUT2D eigenvalue weighted by Gasteiger charge is 2.19. The molecular formula is C14H26N4S. The second-order valence-corrected chi connectivity index (χ2v) is 6.11. The van der Waals surface area contributed by atoms with E-state index in [2.05, 4.69) is 28.4 Å². The van der Waals surface area contributed by atoms with Gasteiger partial charge in [-0.2, -0.15) is 4.37 Å². The molecule has 1 aliphatic heterocycles. The van der Waals surface area contributed by atoms with Crippen LogP contribution >= 0.6 is 11.5 Å². The van der Waals surface area contributed by atoms with Crippen LogP contribution in [0.4, 0.5) is 5.13 Å². The third-order valence-electron chi connectivity index (χ3n) is 3.63. The van der Waals surface area contributed by atoms with E-state index in [9.17, 15) is 0 Å². The summed E-state index contributed by atoms with van der Waals surface area (Å²) in [5, 5.41) is 4.57. The Morgan fingerprint density at radius 2 is 2.05 bits per heavy atom. The van der Waals surface area contributed by atoms with E-state index in [0.717, 1.165) is 42.8 Å². The van der Waals surface area contributed by atoms with Crippen molar-refractivity contribution < 1.29 is 0 Å². The van der Waals surface area contributed by atoms with Crippen molar-refractivity contribution in [1.82, 2.24) is 14.7 Å². The Hall–Kier alpha value is -0.680. The molecule has 1 saturated heterocycles. The summed E-state index contributed by atoms with van der Waals surface area (Å²) in [5.41, 5.74) is 0. The molecule has 2 rings (SSSR count). The molecule has 2 heterocycles. The minimum absolute atomic E-state index is 0.811. The first kappa shape index (κ1) is 14.7. The number of nitrogens with zero attached hydrogens (tertiary/aromatic N) is 3. The maximum atomic E-state index is 4.70. The topological polar surface area (TPSA) is 41.1 Å². The van der Waals surface area contributed by atoms with Gasteiger partial charge < -0.3 is 10.2 Å². The fourth-order valence-electron chi connectivity index (χ4n) is 2.61. The molecule has 108 valence electrons. The number of aromatic nitrogens is 2. The number of aryl methyl sites for hydroxylation is 1.